The SMILES string of the molecule is O=Cc1ccc(-c2c[nH]c3ccccc23)s1. The van der Waals surface area contributed by atoms with E-state index in [4.69, 9.17) is 0 Å². The molecular weight excluding hydrogens is 218 g/mol. The molecule has 1 N–H and O–H groups in total. The van der Waals surface area contributed by atoms with Crippen molar-refractivity contribution in [1.82, 2.24) is 4.98 Å². The van der Waals surface area contributed by atoms with Crippen molar-refractivity contribution in [2.75, 3.05) is 0 Å². The number of carbonyl (C=O) groups excluding carboxylic acids is 1. The van der Waals surface area contributed by atoms with Crippen LogP contribution in [-0.2, 0) is 0 Å². The number of para-hydroxylation sites is 1. The first-order valence-corrected chi connectivity index (χ1v) is 5.81. The van der Waals surface area contributed by atoms with Gasteiger partial charge in [-0.25, -0.2) is 0 Å². The number of nitrogens with one attached hydrogen (secondary N) is 1. The first-order valence-electron chi connectivity index (χ1n) is 5.00. The third-order valence-electron chi connectivity index (χ3n) is 2.60. The maximum atomic E-state index is 10.7. The van der Waals surface area contributed by atoms with Crippen LogP contribution in [0.1, 0.15) is 9.67 Å². The summed E-state index contributed by atoms with van der Waals surface area (Å²) in [5.41, 5.74) is 2.28. The van der Waals surface area contributed by atoms with Crippen molar-refractivity contribution in [3.05, 3.63) is 47.5 Å². The molecular formula is C13H9NOS. The lowest BCUT2D eigenvalue weighted by molar-refractivity contribution is 0.112. The van der Waals surface area contributed by atoms with Crippen LogP contribution >= 0.6 is 11.3 Å². The van der Waals surface area contributed by atoms with Gasteiger partial charge in [-0.3, -0.25) is 4.79 Å². The summed E-state index contributed by atoms with van der Waals surface area (Å²) in [5.74, 6) is 0. The molecule has 1 aromatic carbocycles. The molecule has 78 valence electrons. The van der Waals surface area contributed by atoms with Crippen molar-refractivity contribution in [3.8, 4) is 10.4 Å². The summed E-state index contributed by atoms with van der Waals surface area (Å²) in [7, 11) is 0. The Hall–Kier alpha value is -1.87. The van der Waals surface area contributed by atoms with E-state index in [1.807, 2.05) is 36.5 Å². The summed E-state index contributed by atoms with van der Waals surface area (Å²) in [6.45, 7) is 0. The molecule has 2 nitrogen and oxygen atoms in total. The second-order valence-corrected chi connectivity index (χ2v) is 4.68. The van der Waals surface area contributed by atoms with E-state index in [0.29, 0.717) is 0 Å². The Bertz CT molecular complexity index is 651. The normalized spacial score (nSPS) is 10.8. The summed E-state index contributed by atoms with van der Waals surface area (Å²) in [6.07, 6.45) is 2.88. The summed E-state index contributed by atoms with van der Waals surface area (Å²) in [5, 5.41) is 1.20. The van der Waals surface area contributed by atoms with Crippen molar-refractivity contribution in [2.45, 2.75) is 0 Å². The highest BCUT2D eigenvalue weighted by atomic mass is 32.1. The predicted octanol–water partition coefficient (Wildman–Crippen LogP) is 3.71. The number of H-pyrrole nitrogens is 1. The van der Waals surface area contributed by atoms with Gasteiger partial charge >= 0.3 is 0 Å². The third kappa shape index (κ3) is 1.37. The number of aromatic amines is 1. The molecule has 16 heavy (non-hydrogen) atoms. The minimum Gasteiger partial charge on any atom is -0.361 e. The highest BCUT2D eigenvalue weighted by molar-refractivity contribution is 7.17. The number of rotatable bonds is 2. The highest BCUT2D eigenvalue weighted by Crippen LogP contribution is 2.32. The number of thiophene rings is 1. The molecule has 3 aromatic rings. The van der Waals surface area contributed by atoms with Crippen molar-refractivity contribution in [1.29, 1.82) is 0 Å². The van der Waals surface area contributed by atoms with Crippen LogP contribution in [0.2, 0.25) is 0 Å². The van der Waals surface area contributed by atoms with Crippen molar-refractivity contribution < 1.29 is 4.79 Å². The molecule has 0 spiro atoms. The molecule has 0 aliphatic carbocycles. The average molecular weight is 227 g/mol. The molecule has 0 unspecified atom stereocenters. The molecule has 0 aliphatic rings. The number of hydrogen-bond acceptors (Lipinski definition) is 2. The van der Waals surface area contributed by atoms with Gasteiger partial charge in [0, 0.05) is 27.5 Å². The first-order chi connectivity index (χ1) is 7.88. The van der Waals surface area contributed by atoms with Crippen LogP contribution in [0.3, 0.4) is 0 Å². The van der Waals surface area contributed by atoms with Gasteiger partial charge in [-0.2, -0.15) is 0 Å². The first kappa shape index (κ1) is 9.36. The molecule has 0 bridgehead atoms. The number of aromatic nitrogens is 1. The topological polar surface area (TPSA) is 32.9 Å². The van der Waals surface area contributed by atoms with Crippen molar-refractivity contribution in [2.24, 2.45) is 0 Å². The van der Waals surface area contributed by atoms with Crippen LogP contribution in [0.15, 0.2) is 42.6 Å². The largest absolute Gasteiger partial charge is 0.361 e. The number of hydrogen-bond donors (Lipinski definition) is 1. The van der Waals surface area contributed by atoms with Gasteiger partial charge in [0.2, 0.25) is 0 Å². The number of carbonyl (C=O) groups is 1. The average Bonchev–Trinajstić information content (AvgIpc) is 2.94. The maximum absolute atomic E-state index is 10.7. The van der Waals surface area contributed by atoms with Crippen molar-refractivity contribution >= 4 is 28.5 Å². The van der Waals surface area contributed by atoms with Gasteiger partial charge in [0.25, 0.3) is 0 Å². The smallest absolute Gasteiger partial charge is 0.160 e. The zero-order valence-corrected chi connectivity index (χ0v) is 9.25. The molecule has 0 amide bonds. The molecule has 3 rings (SSSR count). The van der Waals surface area contributed by atoms with Crippen LogP contribution in [-0.4, -0.2) is 11.3 Å². The standard InChI is InChI=1S/C13H9NOS/c15-8-9-5-6-13(16-9)11-7-14-12-4-2-1-3-10(11)12/h1-8,14H. The number of fused-ring (bicyclic) bond motifs is 1. The van der Waals surface area contributed by atoms with Gasteiger partial charge < -0.3 is 4.98 Å². The fourth-order valence-electron chi connectivity index (χ4n) is 1.84. The minimum absolute atomic E-state index is 0.764. The lowest BCUT2D eigenvalue weighted by Crippen LogP contribution is -1.67. The Morgan fingerprint density at radius 2 is 2.00 bits per heavy atom. The van der Waals surface area contributed by atoms with E-state index >= 15 is 0 Å². The zero-order chi connectivity index (χ0) is 11.0. The Morgan fingerprint density at radius 1 is 1.12 bits per heavy atom. The fraction of sp³-hybridized carbons (Fsp3) is 0. The van der Waals surface area contributed by atoms with E-state index in [0.717, 1.165) is 27.1 Å². The molecule has 2 aromatic heterocycles. The lowest BCUT2D eigenvalue weighted by atomic mass is 10.1. The van der Waals surface area contributed by atoms with Gasteiger partial charge in [-0.1, -0.05) is 18.2 Å². The second kappa shape index (κ2) is 3.61. The Balaban J connectivity index is 2.21. The Kier molecular flexibility index (Phi) is 2.11. The number of aldehydes is 1. The summed E-state index contributed by atoms with van der Waals surface area (Å²) < 4.78 is 0. The zero-order valence-electron chi connectivity index (χ0n) is 8.44. The number of benzene rings is 1. The summed E-state index contributed by atoms with van der Waals surface area (Å²) in [6, 6.07) is 12.0. The molecule has 0 atom stereocenters. The summed E-state index contributed by atoms with van der Waals surface area (Å²) >= 11 is 1.52. The van der Waals surface area contributed by atoms with Gasteiger partial charge in [0.15, 0.2) is 6.29 Å². The predicted molar refractivity (Wildman–Crippen MR) is 67.0 cm³/mol. The van der Waals surface area contributed by atoms with Crippen LogP contribution in [0, 0.1) is 0 Å². The molecule has 0 saturated heterocycles. The highest BCUT2D eigenvalue weighted by Gasteiger charge is 2.07. The van der Waals surface area contributed by atoms with E-state index in [2.05, 4.69) is 11.1 Å². The van der Waals surface area contributed by atoms with Crippen molar-refractivity contribution in [3.63, 3.8) is 0 Å². The van der Waals surface area contributed by atoms with Gasteiger partial charge in [0.1, 0.15) is 0 Å². The van der Waals surface area contributed by atoms with E-state index in [9.17, 15) is 4.79 Å². The van der Waals surface area contributed by atoms with Crippen LogP contribution in [0.5, 0.6) is 0 Å². The van der Waals surface area contributed by atoms with Gasteiger partial charge in [-0.15, -0.1) is 11.3 Å². The maximum Gasteiger partial charge on any atom is 0.160 e. The molecule has 0 saturated carbocycles. The Labute approximate surface area is 96.5 Å². The third-order valence-corrected chi connectivity index (χ3v) is 3.64. The quantitative estimate of drug-likeness (QED) is 0.665. The van der Waals surface area contributed by atoms with E-state index in [-0.39, 0.29) is 0 Å². The van der Waals surface area contributed by atoms with E-state index < -0.39 is 0 Å². The molecule has 0 aliphatic heterocycles. The van der Waals surface area contributed by atoms with Gasteiger partial charge in [-0.05, 0) is 18.2 Å². The summed E-state index contributed by atoms with van der Waals surface area (Å²) in [4.78, 5) is 15.8. The lowest BCUT2D eigenvalue weighted by Gasteiger charge is -1.93. The van der Waals surface area contributed by atoms with Gasteiger partial charge in [0.05, 0.1) is 4.88 Å². The molecule has 0 fully saturated rings. The second-order valence-electron chi connectivity index (χ2n) is 3.57. The molecule has 3 heteroatoms. The van der Waals surface area contributed by atoms with Crippen LogP contribution in [0.4, 0.5) is 0 Å². The Morgan fingerprint density at radius 3 is 2.81 bits per heavy atom. The van der Waals surface area contributed by atoms with E-state index in [1.54, 1.807) is 0 Å². The van der Waals surface area contributed by atoms with Crippen LogP contribution < -0.4 is 0 Å². The minimum atomic E-state index is 0.764. The fourth-order valence-corrected chi connectivity index (χ4v) is 2.69. The molecule has 0 radical (unpaired) electrons. The van der Waals surface area contributed by atoms with Crippen LogP contribution in [0.25, 0.3) is 21.3 Å². The monoisotopic (exact) mass is 227 g/mol. The van der Waals surface area contributed by atoms with E-state index in [1.165, 1.54) is 16.7 Å². The molecule has 2 heterocycles.